The number of phosphoric acid groups is 2. The Labute approximate surface area is 619 Å². The van der Waals surface area contributed by atoms with Crippen LogP contribution in [0.1, 0.15) is 427 Å². The molecule has 0 fully saturated rings. The fraction of sp³-hybridized carbons (Fsp3) is 0.951. The van der Waals surface area contributed by atoms with Gasteiger partial charge in [0.2, 0.25) is 0 Å². The van der Waals surface area contributed by atoms with Gasteiger partial charge in [-0.15, -0.1) is 0 Å². The van der Waals surface area contributed by atoms with Crippen LogP contribution in [0.4, 0.5) is 0 Å². The number of unbranched alkanes of at least 4 members (excludes halogenated alkanes) is 46. The van der Waals surface area contributed by atoms with Crippen molar-refractivity contribution in [1.29, 1.82) is 0 Å². The Hall–Kier alpha value is -1.94. The molecule has 0 aromatic heterocycles. The van der Waals surface area contributed by atoms with Gasteiger partial charge in [-0.25, -0.2) is 9.13 Å². The highest BCUT2D eigenvalue weighted by Gasteiger charge is 2.30. The summed E-state index contributed by atoms with van der Waals surface area (Å²) in [6.45, 7) is 12.0. The molecule has 0 aliphatic heterocycles. The number of aliphatic hydroxyl groups is 1. The maximum Gasteiger partial charge on any atom is 0.472 e. The highest BCUT2D eigenvalue weighted by Crippen LogP contribution is 2.45. The summed E-state index contributed by atoms with van der Waals surface area (Å²) in [6.07, 6.45) is 61.2. The van der Waals surface area contributed by atoms with Crippen LogP contribution >= 0.6 is 15.6 Å². The van der Waals surface area contributed by atoms with Crippen LogP contribution in [0.15, 0.2) is 0 Å². The van der Waals surface area contributed by atoms with Crippen LogP contribution in [0.25, 0.3) is 0 Å². The number of hydrogen-bond donors (Lipinski definition) is 3. The average molecular weight is 1480 g/mol. The number of rotatable bonds is 80. The second-order valence-electron chi connectivity index (χ2n) is 30.5. The van der Waals surface area contributed by atoms with E-state index in [1.165, 1.54) is 225 Å². The lowest BCUT2D eigenvalue weighted by Crippen LogP contribution is -2.30. The molecule has 101 heavy (non-hydrogen) atoms. The Bertz CT molecular complexity index is 1960. The van der Waals surface area contributed by atoms with Crippen LogP contribution in [0, 0.1) is 17.8 Å². The summed E-state index contributed by atoms with van der Waals surface area (Å²) in [7, 11) is -9.92. The monoisotopic (exact) mass is 1480 g/mol. The molecular weight excluding hydrogens is 1320 g/mol. The first-order valence-corrected chi connectivity index (χ1v) is 45.4. The first-order chi connectivity index (χ1) is 48.8. The summed E-state index contributed by atoms with van der Waals surface area (Å²) >= 11 is 0. The number of aliphatic hydroxyl groups excluding tert-OH is 1. The van der Waals surface area contributed by atoms with Gasteiger partial charge < -0.3 is 33.8 Å². The van der Waals surface area contributed by atoms with Crippen molar-refractivity contribution in [3.05, 3.63) is 0 Å². The van der Waals surface area contributed by atoms with Gasteiger partial charge in [0, 0.05) is 25.7 Å². The molecule has 0 spiro atoms. The third-order valence-electron chi connectivity index (χ3n) is 19.9. The lowest BCUT2D eigenvalue weighted by atomic mass is 9.99. The van der Waals surface area contributed by atoms with E-state index in [1.807, 2.05) is 0 Å². The molecule has 0 aliphatic carbocycles. The molecule has 0 aromatic carbocycles. The number of ether oxygens (including phenoxy) is 4. The Kier molecular flexibility index (Phi) is 70.9. The fourth-order valence-corrected chi connectivity index (χ4v) is 14.2. The van der Waals surface area contributed by atoms with Gasteiger partial charge in [0.25, 0.3) is 0 Å². The van der Waals surface area contributed by atoms with Crippen molar-refractivity contribution in [3.63, 3.8) is 0 Å². The van der Waals surface area contributed by atoms with Crippen LogP contribution in [0.5, 0.6) is 0 Å². The zero-order chi connectivity index (χ0) is 74.4. The predicted molar refractivity (Wildman–Crippen MR) is 414 cm³/mol. The second-order valence-corrected chi connectivity index (χ2v) is 33.4. The molecule has 0 rings (SSSR count). The van der Waals surface area contributed by atoms with Crippen molar-refractivity contribution in [1.82, 2.24) is 0 Å². The van der Waals surface area contributed by atoms with Gasteiger partial charge in [0.15, 0.2) is 12.2 Å². The standard InChI is InChI=1S/C82H160O17P2/c1-8-11-12-13-39-49-56-63-79(84)92-69-77(98-82(87)66-59-52-45-38-32-26-27-33-40-46-53-60-73(4)5)71-96-100(88,89)94-67-76(83)68-95-101(90,91)97-72-78(70-93-80(85)64-57-50-43-36-30-24-21-20-23-29-35-42-48-55-62-75(7)10-3)99-81(86)65-58-51-44-37-31-25-19-17-15-14-16-18-22-28-34-41-47-54-61-74(6)9-2/h73-78,83H,8-72H2,1-7H3,(H,88,89)(H,90,91)/t74?,75?,76-,77+,78+/m0/s1. The molecule has 0 saturated carbocycles. The number of esters is 4. The Morgan fingerprint density at radius 3 is 0.752 bits per heavy atom. The lowest BCUT2D eigenvalue weighted by Gasteiger charge is -2.21. The minimum Gasteiger partial charge on any atom is -0.462 e. The summed E-state index contributed by atoms with van der Waals surface area (Å²) in [5.74, 6) is 0.372. The van der Waals surface area contributed by atoms with E-state index in [-0.39, 0.29) is 25.7 Å². The van der Waals surface area contributed by atoms with Gasteiger partial charge in [-0.2, -0.15) is 0 Å². The molecule has 19 heteroatoms. The third-order valence-corrected chi connectivity index (χ3v) is 21.8. The molecule has 3 N–H and O–H groups in total. The van der Waals surface area contributed by atoms with E-state index in [0.717, 1.165) is 120 Å². The second kappa shape index (κ2) is 72.3. The fourth-order valence-electron chi connectivity index (χ4n) is 12.6. The van der Waals surface area contributed by atoms with Crippen LogP contribution in [-0.2, 0) is 65.4 Å². The zero-order valence-electron chi connectivity index (χ0n) is 66.4. The van der Waals surface area contributed by atoms with Crippen LogP contribution in [0.2, 0.25) is 0 Å². The summed E-state index contributed by atoms with van der Waals surface area (Å²) in [5, 5.41) is 10.6. The van der Waals surface area contributed by atoms with Gasteiger partial charge in [0.05, 0.1) is 26.4 Å². The van der Waals surface area contributed by atoms with Crippen molar-refractivity contribution < 1.29 is 80.2 Å². The first kappa shape index (κ1) is 99.1. The molecule has 0 heterocycles. The van der Waals surface area contributed by atoms with Crippen molar-refractivity contribution in [2.24, 2.45) is 17.8 Å². The van der Waals surface area contributed by atoms with E-state index in [4.69, 9.17) is 37.0 Å². The number of carbonyl (C=O) groups is 4. The Morgan fingerprint density at radius 2 is 0.505 bits per heavy atom. The van der Waals surface area contributed by atoms with Gasteiger partial charge >= 0.3 is 39.5 Å². The third kappa shape index (κ3) is 73.4. The number of phosphoric ester groups is 2. The zero-order valence-corrected chi connectivity index (χ0v) is 68.2. The Morgan fingerprint density at radius 1 is 0.287 bits per heavy atom. The molecular formula is C82H160O17P2. The SMILES string of the molecule is CCCCCCCCCC(=O)OC[C@H](COP(=O)(O)OC[C@H](O)COP(=O)(O)OC[C@@H](COC(=O)CCCCCCCCCCCCCCCCC(C)CC)OC(=O)CCCCCCCCCCCCCCCCCCCCC(C)CC)OC(=O)CCCCCCCCCCCCCC(C)C. The van der Waals surface area contributed by atoms with Crippen molar-refractivity contribution in [3.8, 4) is 0 Å². The van der Waals surface area contributed by atoms with E-state index < -0.39 is 97.5 Å². The predicted octanol–water partition coefficient (Wildman–Crippen LogP) is 24.5. The van der Waals surface area contributed by atoms with E-state index in [2.05, 4.69) is 48.5 Å². The summed E-state index contributed by atoms with van der Waals surface area (Å²) in [6, 6.07) is 0. The molecule has 600 valence electrons. The van der Waals surface area contributed by atoms with Crippen molar-refractivity contribution >= 4 is 39.5 Å². The summed E-state index contributed by atoms with van der Waals surface area (Å²) in [5.41, 5.74) is 0. The summed E-state index contributed by atoms with van der Waals surface area (Å²) in [4.78, 5) is 72.9. The molecule has 7 atom stereocenters. The Balaban J connectivity index is 5.17. The van der Waals surface area contributed by atoms with E-state index in [9.17, 15) is 43.2 Å². The van der Waals surface area contributed by atoms with E-state index in [1.54, 1.807) is 0 Å². The van der Waals surface area contributed by atoms with E-state index >= 15 is 0 Å². The van der Waals surface area contributed by atoms with Crippen LogP contribution in [-0.4, -0.2) is 96.7 Å². The largest absolute Gasteiger partial charge is 0.472 e. The molecule has 0 aliphatic rings. The highest BCUT2D eigenvalue weighted by molar-refractivity contribution is 7.47. The van der Waals surface area contributed by atoms with Gasteiger partial charge in [-0.05, 0) is 43.4 Å². The van der Waals surface area contributed by atoms with Crippen molar-refractivity contribution in [2.45, 2.75) is 446 Å². The van der Waals surface area contributed by atoms with E-state index in [0.29, 0.717) is 25.7 Å². The maximum absolute atomic E-state index is 13.1. The molecule has 0 amide bonds. The molecule has 17 nitrogen and oxygen atoms in total. The molecule has 0 aromatic rings. The number of carbonyl (C=O) groups excluding carboxylic acids is 4. The topological polar surface area (TPSA) is 237 Å². The van der Waals surface area contributed by atoms with Crippen LogP contribution in [0.3, 0.4) is 0 Å². The van der Waals surface area contributed by atoms with Gasteiger partial charge in [-0.1, -0.05) is 376 Å². The quantitative estimate of drug-likeness (QED) is 0.0222. The van der Waals surface area contributed by atoms with Gasteiger partial charge in [-0.3, -0.25) is 37.3 Å². The van der Waals surface area contributed by atoms with Crippen molar-refractivity contribution in [2.75, 3.05) is 39.6 Å². The normalized spacial score (nSPS) is 14.5. The maximum atomic E-state index is 13.1. The lowest BCUT2D eigenvalue weighted by molar-refractivity contribution is -0.161. The smallest absolute Gasteiger partial charge is 0.462 e. The summed E-state index contributed by atoms with van der Waals surface area (Å²) < 4.78 is 68.6. The average Bonchev–Trinajstić information content (AvgIpc) is 1.03. The number of hydrogen-bond acceptors (Lipinski definition) is 15. The van der Waals surface area contributed by atoms with Gasteiger partial charge in [0.1, 0.15) is 19.3 Å². The minimum absolute atomic E-state index is 0.106. The highest BCUT2D eigenvalue weighted by atomic mass is 31.2. The molecule has 0 saturated heterocycles. The minimum atomic E-state index is -4.96. The first-order valence-electron chi connectivity index (χ1n) is 42.4. The molecule has 0 bridgehead atoms. The molecule has 0 radical (unpaired) electrons. The molecule has 4 unspecified atom stereocenters. The van der Waals surface area contributed by atoms with Crippen LogP contribution < -0.4 is 0 Å².